The number of benzene rings is 2. The van der Waals surface area contributed by atoms with Gasteiger partial charge in [0.15, 0.2) is 0 Å². The summed E-state index contributed by atoms with van der Waals surface area (Å²) >= 11 is 0. The second-order valence-electron chi connectivity index (χ2n) is 6.23. The molecule has 122 valence electrons. The van der Waals surface area contributed by atoms with Gasteiger partial charge in [0.05, 0.1) is 5.56 Å². The van der Waals surface area contributed by atoms with E-state index >= 15 is 0 Å². The van der Waals surface area contributed by atoms with Gasteiger partial charge < -0.3 is 9.64 Å². The second kappa shape index (κ2) is 5.44. The van der Waals surface area contributed by atoms with Crippen LogP contribution in [0.15, 0.2) is 48.5 Å². The van der Waals surface area contributed by atoms with Crippen LogP contribution >= 0.6 is 0 Å². The molecule has 1 saturated heterocycles. The monoisotopic (exact) mass is 325 g/mol. The normalized spacial score (nSPS) is 18.4. The molecule has 24 heavy (non-hydrogen) atoms. The van der Waals surface area contributed by atoms with Crippen LogP contribution in [0.25, 0.3) is 0 Å². The first kappa shape index (κ1) is 14.9. The maximum absolute atomic E-state index is 13.0. The lowest BCUT2D eigenvalue weighted by Crippen LogP contribution is -2.45. The summed E-state index contributed by atoms with van der Waals surface area (Å²) in [6, 6.07) is 13.0. The molecule has 0 aliphatic carbocycles. The summed E-state index contributed by atoms with van der Waals surface area (Å²) in [5.74, 6) is -0.773. The van der Waals surface area contributed by atoms with Crippen LogP contribution in [0.3, 0.4) is 0 Å². The predicted octanol–water partition coefficient (Wildman–Crippen LogP) is 3.13. The number of rotatable bonds is 1. The number of halogens is 1. The number of carbonyl (C=O) groups excluding carboxylic acids is 2. The average Bonchev–Trinajstić information content (AvgIpc) is 2.88. The standard InChI is InChI=1S/C19H16FNO3/c20-14-7-5-13(6-8-14)17(22)21-11-9-19(10-12-21)16-4-2-1-3-15(16)18(23)24-19/h1-8H,9-12H2. The predicted molar refractivity (Wildman–Crippen MR) is 85.1 cm³/mol. The number of esters is 1. The third kappa shape index (κ3) is 2.28. The number of hydrogen-bond acceptors (Lipinski definition) is 3. The molecular weight excluding hydrogens is 309 g/mol. The van der Waals surface area contributed by atoms with Gasteiger partial charge in [-0.15, -0.1) is 0 Å². The van der Waals surface area contributed by atoms with Gasteiger partial charge in [0.2, 0.25) is 0 Å². The quantitative estimate of drug-likeness (QED) is 0.757. The summed E-state index contributed by atoms with van der Waals surface area (Å²) in [6.07, 6.45) is 1.14. The molecule has 0 bridgehead atoms. The zero-order valence-electron chi connectivity index (χ0n) is 13.0. The molecule has 0 N–H and O–H groups in total. The highest BCUT2D eigenvalue weighted by Crippen LogP contribution is 2.44. The van der Waals surface area contributed by atoms with E-state index in [0.717, 1.165) is 5.56 Å². The van der Waals surface area contributed by atoms with E-state index < -0.39 is 5.60 Å². The van der Waals surface area contributed by atoms with Crippen LogP contribution in [0, 0.1) is 5.82 Å². The van der Waals surface area contributed by atoms with Crippen molar-refractivity contribution in [2.45, 2.75) is 18.4 Å². The fourth-order valence-corrected chi connectivity index (χ4v) is 3.56. The molecule has 2 heterocycles. The molecule has 0 unspecified atom stereocenters. The maximum Gasteiger partial charge on any atom is 0.339 e. The minimum atomic E-state index is -0.618. The summed E-state index contributed by atoms with van der Waals surface area (Å²) < 4.78 is 18.7. The van der Waals surface area contributed by atoms with Gasteiger partial charge in [-0.3, -0.25) is 4.79 Å². The van der Waals surface area contributed by atoms with Crippen LogP contribution in [-0.2, 0) is 10.3 Å². The highest BCUT2D eigenvalue weighted by atomic mass is 19.1. The summed E-state index contributed by atoms with van der Waals surface area (Å²) in [6.45, 7) is 0.996. The van der Waals surface area contributed by atoms with E-state index in [2.05, 4.69) is 0 Å². The molecule has 2 aliphatic heterocycles. The minimum Gasteiger partial charge on any atom is -0.450 e. The fraction of sp³-hybridized carbons (Fsp3) is 0.263. The van der Waals surface area contributed by atoms with Gasteiger partial charge in [-0.05, 0) is 30.3 Å². The molecule has 2 aromatic carbocycles. The Bertz CT molecular complexity index is 808. The largest absolute Gasteiger partial charge is 0.450 e. The summed E-state index contributed by atoms with van der Waals surface area (Å²) in [5, 5.41) is 0. The molecule has 2 aliphatic rings. The Balaban J connectivity index is 1.53. The van der Waals surface area contributed by atoms with Crippen LogP contribution < -0.4 is 0 Å². The number of likely N-dealkylation sites (tertiary alicyclic amines) is 1. The lowest BCUT2D eigenvalue weighted by atomic mass is 9.83. The first-order valence-electron chi connectivity index (χ1n) is 7.97. The Morgan fingerprint density at radius 1 is 1.04 bits per heavy atom. The summed E-state index contributed by atoms with van der Waals surface area (Å²) in [7, 11) is 0. The Morgan fingerprint density at radius 3 is 2.42 bits per heavy atom. The third-order valence-corrected chi connectivity index (χ3v) is 4.88. The first-order valence-corrected chi connectivity index (χ1v) is 7.97. The molecule has 0 radical (unpaired) electrons. The van der Waals surface area contributed by atoms with Crippen molar-refractivity contribution in [1.29, 1.82) is 0 Å². The molecular formula is C19H16FNO3. The molecule has 1 fully saturated rings. The van der Waals surface area contributed by atoms with Crippen molar-refractivity contribution in [3.05, 3.63) is 71.0 Å². The number of carbonyl (C=O) groups is 2. The van der Waals surface area contributed by atoms with E-state index in [1.54, 1.807) is 11.0 Å². The van der Waals surface area contributed by atoms with Gasteiger partial charge in [-0.1, -0.05) is 18.2 Å². The lowest BCUT2D eigenvalue weighted by Gasteiger charge is -2.38. The molecule has 0 atom stereocenters. The average molecular weight is 325 g/mol. The van der Waals surface area contributed by atoms with Crippen LogP contribution in [0.4, 0.5) is 4.39 Å². The zero-order valence-corrected chi connectivity index (χ0v) is 13.0. The van der Waals surface area contributed by atoms with E-state index in [4.69, 9.17) is 4.74 Å². The van der Waals surface area contributed by atoms with Crippen LogP contribution in [0.1, 0.15) is 39.1 Å². The summed E-state index contributed by atoms with van der Waals surface area (Å²) in [5.41, 5.74) is 1.39. The van der Waals surface area contributed by atoms with Crippen molar-refractivity contribution < 1.29 is 18.7 Å². The van der Waals surface area contributed by atoms with Crippen molar-refractivity contribution in [2.24, 2.45) is 0 Å². The number of fused-ring (bicyclic) bond motifs is 2. The minimum absolute atomic E-state index is 0.123. The number of piperidine rings is 1. The van der Waals surface area contributed by atoms with Crippen molar-refractivity contribution in [2.75, 3.05) is 13.1 Å². The van der Waals surface area contributed by atoms with Crippen molar-refractivity contribution in [3.63, 3.8) is 0 Å². The Kier molecular flexibility index (Phi) is 3.37. The Hall–Kier alpha value is -2.69. The van der Waals surface area contributed by atoms with Gasteiger partial charge in [0.25, 0.3) is 5.91 Å². The van der Waals surface area contributed by atoms with E-state index in [1.165, 1.54) is 24.3 Å². The topological polar surface area (TPSA) is 46.6 Å². The molecule has 5 heteroatoms. The first-order chi connectivity index (χ1) is 11.6. The Labute approximate surface area is 138 Å². The van der Waals surface area contributed by atoms with Gasteiger partial charge in [0, 0.05) is 37.1 Å². The van der Waals surface area contributed by atoms with Crippen LogP contribution in [0.5, 0.6) is 0 Å². The van der Waals surface area contributed by atoms with E-state index in [9.17, 15) is 14.0 Å². The van der Waals surface area contributed by atoms with Crippen molar-refractivity contribution >= 4 is 11.9 Å². The third-order valence-electron chi connectivity index (χ3n) is 4.88. The van der Waals surface area contributed by atoms with E-state index in [0.29, 0.717) is 37.1 Å². The smallest absolute Gasteiger partial charge is 0.339 e. The lowest BCUT2D eigenvalue weighted by molar-refractivity contribution is -0.0389. The number of ether oxygens (including phenoxy) is 1. The second-order valence-corrected chi connectivity index (χ2v) is 6.23. The molecule has 2 aromatic rings. The maximum atomic E-state index is 13.0. The fourth-order valence-electron chi connectivity index (χ4n) is 3.56. The number of hydrogen-bond donors (Lipinski definition) is 0. The highest BCUT2D eigenvalue weighted by Gasteiger charge is 2.47. The van der Waals surface area contributed by atoms with Gasteiger partial charge in [-0.25, -0.2) is 9.18 Å². The van der Waals surface area contributed by atoms with Crippen LogP contribution in [0.2, 0.25) is 0 Å². The van der Waals surface area contributed by atoms with Gasteiger partial charge in [0.1, 0.15) is 11.4 Å². The molecule has 0 aromatic heterocycles. The summed E-state index contributed by atoms with van der Waals surface area (Å²) in [4.78, 5) is 26.3. The SMILES string of the molecule is O=C1OC2(CCN(C(=O)c3ccc(F)cc3)CC2)c2ccccc21. The van der Waals surface area contributed by atoms with E-state index in [1.807, 2.05) is 18.2 Å². The molecule has 4 rings (SSSR count). The van der Waals surface area contributed by atoms with Crippen LogP contribution in [-0.4, -0.2) is 29.9 Å². The highest BCUT2D eigenvalue weighted by molar-refractivity contribution is 5.95. The van der Waals surface area contributed by atoms with E-state index in [-0.39, 0.29) is 17.7 Å². The number of amides is 1. The van der Waals surface area contributed by atoms with Crippen molar-refractivity contribution in [1.82, 2.24) is 4.90 Å². The van der Waals surface area contributed by atoms with Gasteiger partial charge >= 0.3 is 5.97 Å². The number of nitrogens with zero attached hydrogens (tertiary/aromatic N) is 1. The molecule has 0 saturated carbocycles. The molecule has 1 spiro atoms. The Morgan fingerprint density at radius 2 is 1.71 bits per heavy atom. The zero-order chi connectivity index (χ0) is 16.7. The van der Waals surface area contributed by atoms with Crippen molar-refractivity contribution in [3.8, 4) is 0 Å². The molecule has 1 amide bonds. The van der Waals surface area contributed by atoms with Gasteiger partial charge in [-0.2, -0.15) is 0 Å². The molecule has 4 nitrogen and oxygen atoms in total.